The summed E-state index contributed by atoms with van der Waals surface area (Å²) in [7, 11) is -3.06. The van der Waals surface area contributed by atoms with Gasteiger partial charge in [-0.05, 0) is 31.9 Å². The van der Waals surface area contributed by atoms with Gasteiger partial charge in [-0.1, -0.05) is 0 Å². The minimum atomic E-state index is -4.54. The predicted octanol–water partition coefficient (Wildman–Crippen LogP) is 3.16. The number of nitrogens with zero attached hydrogens (tertiary/aromatic N) is 3. The molecule has 13 heteroatoms. The van der Waals surface area contributed by atoms with E-state index in [-0.39, 0.29) is 29.0 Å². The van der Waals surface area contributed by atoms with Crippen LogP contribution in [0.1, 0.15) is 30.1 Å². The van der Waals surface area contributed by atoms with E-state index in [1.165, 1.54) is 12.4 Å². The highest BCUT2D eigenvalue weighted by Gasteiger charge is 2.35. The fourth-order valence-corrected chi connectivity index (χ4v) is 5.21. The number of carbonyl (C=O) groups is 1. The lowest BCUT2D eigenvalue weighted by Gasteiger charge is -2.34. The van der Waals surface area contributed by atoms with Gasteiger partial charge >= 0.3 is 6.18 Å². The van der Waals surface area contributed by atoms with Gasteiger partial charge in [0.15, 0.2) is 6.61 Å². The molecule has 1 fully saturated rings. The van der Waals surface area contributed by atoms with E-state index in [1.54, 1.807) is 35.0 Å². The minimum Gasteiger partial charge on any atom is -0.464 e. The maximum Gasteiger partial charge on any atom is 0.422 e. The van der Waals surface area contributed by atoms with Crippen LogP contribution in [0.4, 0.5) is 13.2 Å². The third kappa shape index (κ3) is 5.76. The van der Waals surface area contributed by atoms with Gasteiger partial charge in [0.05, 0.1) is 17.1 Å². The first-order chi connectivity index (χ1) is 15.9. The van der Waals surface area contributed by atoms with Gasteiger partial charge < -0.3 is 19.2 Å². The third-order valence-corrected chi connectivity index (χ3v) is 7.05. The van der Waals surface area contributed by atoms with Crippen molar-refractivity contribution in [1.82, 2.24) is 19.7 Å². The van der Waals surface area contributed by atoms with E-state index in [9.17, 15) is 26.4 Å². The summed E-state index contributed by atoms with van der Waals surface area (Å²) in [5, 5.41) is 2.92. The quantitative estimate of drug-likeness (QED) is 0.556. The topological polar surface area (TPSA) is 112 Å². The molecule has 182 valence electrons. The molecule has 0 aromatic carbocycles. The highest BCUT2D eigenvalue weighted by Crippen LogP contribution is 2.29. The molecule has 3 aromatic heterocycles. The second kappa shape index (κ2) is 8.78. The Morgan fingerprint density at radius 2 is 1.85 bits per heavy atom. The molecule has 1 aliphatic rings. The number of halogens is 3. The number of ether oxygens (including phenoxy) is 2. The van der Waals surface area contributed by atoms with E-state index in [0.717, 1.165) is 0 Å². The second-order valence-electron chi connectivity index (χ2n) is 8.26. The molecule has 4 heterocycles. The number of aromatic nitrogens is 3. The molecular formula is C21H21F3N4O5S. The molecule has 0 spiro atoms. The number of fused-ring (bicyclic) bond motifs is 1. The monoisotopic (exact) mass is 498 g/mol. The Morgan fingerprint density at radius 1 is 1.18 bits per heavy atom. The molecule has 0 aliphatic carbocycles. The van der Waals surface area contributed by atoms with E-state index in [0.29, 0.717) is 23.9 Å². The number of sulfone groups is 1. The van der Waals surface area contributed by atoms with Crippen molar-refractivity contribution in [3.05, 3.63) is 48.5 Å². The summed E-state index contributed by atoms with van der Waals surface area (Å²) in [6, 6.07) is 4.74. The summed E-state index contributed by atoms with van der Waals surface area (Å²) < 4.78 is 72.7. The lowest BCUT2D eigenvalue weighted by Crippen LogP contribution is -2.50. The van der Waals surface area contributed by atoms with Crippen molar-refractivity contribution < 1.29 is 35.9 Å². The molecule has 1 saturated heterocycles. The summed E-state index contributed by atoms with van der Waals surface area (Å²) in [4.78, 5) is 20.4. The Balaban J connectivity index is 1.48. The molecule has 4 rings (SSSR count). The van der Waals surface area contributed by atoms with Crippen molar-refractivity contribution in [3.8, 4) is 17.5 Å². The third-order valence-electron chi connectivity index (χ3n) is 5.40. The molecule has 0 radical (unpaired) electrons. The highest BCUT2D eigenvalue weighted by atomic mass is 32.2. The maximum atomic E-state index is 12.8. The van der Waals surface area contributed by atoms with Crippen LogP contribution in [-0.4, -0.2) is 58.5 Å². The number of hydrogen-bond donors (Lipinski definition) is 1. The van der Waals surface area contributed by atoms with E-state index in [4.69, 9.17) is 4.74 Å². The van der Waals surface area contributed by atoms with Gasteiger partial charge in [0.1, 0.15) is 15.6 Å². The van der Waals surface area contributed by atoms with Crippen LogP contribution in [0.2, 0.25) is 0 Å². The highest BCUT2D eigenvalue weighted by molar-refractivity contribution is 7.91. The Hall–Kier alpha value is -3.35. The number of rotatable bonds is 6. The van der Waals surface area contributed by atoms with Crippen molar-refractivity contribution in [2.75, 3.05) is 18.1 Å². The second-order valence-corrected chi connectivity index (χ2v) is 10.6. The zero-order valence-corrected chi connectivity index (χ0v) is 18.8. The smallest absolute Gasteiger partial charge is 0.422 e. The molecule has 3 aromatic rings. The SMILES string of the molecule is CC1(NC(=O)c2cc3cc(Oc4nccnc4OCC(F)(F)F)ccn3c2)CCS(=O)(=O)CC1. The normalized spacial score (nSPS) is 17.3. The van der Waals surface area contributed by atoms with Crippen LogP contribution in [0.15, 0.2) is 43.0 Å². The number of amides is 1. The summed E-state index contributed by atoms with van der Waals surface area (Å²) in [5.41, 5.74) is 0.324. The number of alkyl halides is 3. The van der Waals surface area contributed by atoms with Crippen molar-refractivity contribution >= 4 is 21.3 Å². The Morgan fingerprint density at radius 3 is 2.53 bits per heavy atom. The van der Waals surface area contributed by atoms with Crippen LogP contribution < -0.4 is 14.8 Å². The Kier molecular flexibility index (Phi) is 6.14. The van der Waals surface area contributed by atoms with Gasteiger partial charge in [-0.25, -0.2) is 18.4 Å². The number of nitrogens with one attached hydrogen (secondary N) is 1. The fourth-order valence-electron chi connectivity index (χ4n) is 3.48. The number of carbonyl (C=O) groups excluding carboxylic acids is 1. The fraction of sp³-hybridized carbons (Fsp3) is 0.381. The van der Waals surface area contributed by atoms with Crippen molar-refractivity contribution in [3.63, 3.8) is 0 Å². The van der Waals surface area contributed by atoms with Gasteiger partial charge in [-0.3, -0.25) is 4.79 Å². The summed E-state index contributed by atoms with van der Waals surface area (Å²) in [6.07, 6.45) is 1.79. The van der Waals surface area contributed by atoms with E-state index >= 15 is 0 Å². The average Bonchev–Trinajstić information content (AvgIpc) is 3.19. The summed E-state index contributed by atoms with van der Waals surface area (Å²) >= 11 is 0. The number of pyridine rings is 1. The average molecular weight is 498 g/mol. The molecule has 0 atom stereocenters. The van der Waals surface area contributed by atoms with Crippen LogP contribution in [0, 0.1) is 0 Å². The van der Waals surface area contributed by atoms with E-state index in [2.05, 4.69) is 20.0 Å². The van der Waals surface area contributed by atoms with Crippen molar-refractivity contribution in [2.24, 2.45) is 0 Å². The number of hydrogen-bond acceptors (Lipinski definition) is 7. The Bertz CT molecular complexity index is 1310. The largest absolute Gasteiger partial charge is 0.464 e. The van der Waals surface area contributed by atoms with E-state index in [1.807, 2.05) is 6.92 Å². The first kappa shape index (κ1) is 23.8. The van der Waals surface area contributed by atoms with Crippen molar-refractivity contribution in [1.29, 1.82) is 0 Å². The molecule has 9 nitrogen and oxygen atoms in total. The van der Waals surface area contributed by atoms with Crippen LogP contribution in [0.5, 0.6) is 17.5 Å². The maximum absolute atomic E-state index is 12.8. The molecule has 0 saturated carbocycles. The van der Waals surface area contributed by atoms with Crippen LogP contribution in [-0.2, 0) is 9.84 Å². The van der Waals surface area contributed by atoms with Gasteiger partial charge in [0, 0.05) is 41.9 Å². The van der Waals surface area contributed by atoms with Crippen LogP contribution >= 0.6 is 0 Å². The Labute approximate surface area is 192 Å². The molecule has 1 amide bonds. The first-order valence-electron chi connectivity index (χ1n) is 10.2. The lowest BCUT2D eigenvalue weighted by molar-refractivity contribution is -0.154. The molecule has 34 heavy (non-hydrogen) atoms. The van der Waals surface area contributed by atoms with Gasteiger partial charge in [0.25, 0.3) is 17.7 Å². The minimum absolute atomic E-state index is 0.0271. The van der Waals surface area contributed by atoms with E-state index < -0.39 is 34.0 Å². The predicted molar refractivity (Wildman–Crippen MR) is 115 cm³/mol. The van der Waals surface area contributed by atoms with Gasteiger partial charge in [-0.2, -0.15) is 13.2 Å². The van der Waals surface area contributed by atoms with Gasteiger partial charge in [0.2, 0.25) is 0 Å². The van der Waals surface area contributed by atoms with Crippen molar-refractivity contribution in [2.45, 2.75) is 31.5 Å². The summed E-state index contributed by atoms with van der Waals surface area (Å²) in [6.45, 7) is 0.282. The molecule has 0 unspecified atom stereocenters. The first-order valence-corrected chi connectivity index (χ1v) is 12.1. The zero-order valence-electron chi connectivity index (χ0n) is 18.0. The van der Waals surface area contributed by atoms with Gasteiger partial charge in [-0.15, -0.1) is 0 Å². The summed E-state index contributed by atoms with van der Waals surface area (Å²) in [5.74, 6) is -0.679. The molecular weight excluding hydrogens is 477 g/mol. The molecule has 1 aliphatic heterocycles. The lowest BCUT2D eigenvalue weighted by atomic mass is 9.94. The molecule has 0 bridgehead atoms. The van der Waals surface area contributed by atoms with Crippen LogP contribution in [0.25, 0.3) is 5.52 Å². The molecule has 1 N–H and O–H groups in total. The standard InChI is InChI=1S/C21H21F3N4O5S/c1-20(3-8-34(30,31)9-4-20)27-17(29)14-10-15-11-16(2-7-28(15)12-14)33-19-18(25-5-6-26-19)32-13-21(22,23)24/h2,5-7,10-12H,3-4,8-9,13H2,1H3,(H,27,29). The van der Waals surface area contributed by atoms with Crippen LogP contribution in [0.3, 0.4) is 0 Å². The zero-order chi connectivity index (χ0) is 24.6.